The van der Waals surface area contributed by atoms with E-state index in [-0.39, 0.29) is 11.4 Å². The van der Waals surface area contributed by atoms with Crippen molar-refractivity contribution in [1.82, 2.24) is 10.2 Å². The van der Waals surface area contributed by atoms with Crippen LogP contribution in [0.25, 0.3) is 0 Å². The molecule has 0 spiro atoms. The zero-order chi connectivity index (χ0) is 29.8. The number of hydrogen-bond donors (Lipinski definition) is 1. The maximum atomic E-state index is 13.8. The Labute approximate surface area is 240 Å². The van der Waals surface area contributed by atoms with Crippen LogP contribution in [0.3, 0.4) is 0 Å². The number of nitrogens with one attached hydrogen (secondary N) is 1. The SMILES string of the molecule is CNC(=O)C(C)N(Cc1ccccc1Cl)C(=O)CN(c1ccc(Cl)c(C(F)(F)F)c1)S(=O)(=O)c1ccc(C)cc1. The number of carbonyl (C=O) groups excluding carboxylic acids is 2. The second kappa shape index (κ2) is 12.5. The molecule has 3 rings (SSSR count). The van der Waals surface area contributed by atoms with Gasteiger partial charge in [0.15, 0.2) is 0 Å². The van der Waals surface area contributed by atoms with Crippen LogP contribution >= 0.6 is 23.2 Å². The van der Waals surface area contributed by atoms with Crippen LogP contribution in [0, 0.1) is 6.92 Å². The van der Waals surface area contributed by atoms with Crippen LogP contribution in [0.2, 0.25) is 10.0 Å². The van der Waals surface area contributed by atoms with E-state index in [1.807, 2.05) is 0 Å². The number of halogens is 5. The van der Waals surface area contributed by atoms with Gasteiger partial charge < -0.3 is 10.2 Å². The lowest BCUT2D eigenvalue weighted by Gasteiger charge is -2.32. The van der Waals surface area contributed by atoms with Gasteiger partial charge in [-0.3, -0.25) is 13.9 Å². The van der Waals surface area contributed by atoms with E-state index >= 15 is 0 Å². The number of alkyl halides is 3. The summed E-state index contributed by atoms with van der Waals surface area (Å²) in [4.78, 5) is 27.1. The van der Waals surface area contributed by atoms with Gasteiger partial charge in [0, 0.05) is 18.6 Å². The molecule has 2 amide bonds. The van der Waals surface area contributed by atoms with Crippen LogP contribution in [0.15, 0.2) is 71.6 Å². The summed E-state index contributed by atoms with van der Waals surface area (Å²) in [6.07, 6.45) is -4.89. The third kappa shape index (κ3) is 7.07. The Morgan fingerprint density at radius 1 is 0.975 bits per heavy atom. The van der Waals surface area contributed by atoms with E-state index in [9.17, 15) is 31.2 Å². The van der Waals surface area contributed by atoms with Crippen LogP contribution < -0.4 is 9.62 Å². The van der Waals surface area contributed by atoms with Gasteiger partial charge in [0.1, 0.15) is 12.6 Å². The first-order valence-corrected chi connectivity index (χ1v) is 14.1. The maximum Gasteiger partial charge on any atom is 0.417 e. The first kappa shape index (κ1) is 31.3. The second-order valence-electron chi connectivity index (χ2n) is 8.89. The molecule has 3 aromatic rings. The quantitative estimate of drug-likeness (QED) is 0.335. The van der Waals surface area contributed by atoms with E-state index < -0.39 is 56.9 Å². The first-order valence-electron chi connectivity index (χ1n) is 11.9. The smallest absolute Gasteiger partial charge is 0.357 e. The number of nitrogens with zero attached hydrogens (tertiary/aromatic N) is 2. The standard InChI is InChI=1S/C27H26Cl2F3N3O4S/c1-17-8-11-21(12-9-17)40(38,39)35(20-10-13-24(29)22(14-20)27(30,31)32)16-25(36)34(18(2)26(37)33-3)15-19-6-4-5-7-23(19)28/h4-14,18H,15-16H2,1-3H3,(H,33,37). The van der Waals surface area contributed by atoms with Gasteiger partial charge in [-0.25, -0.2) is 8.42 Å². The van der Waals surface area contributed by atoms with Crippen LogP contribution in [-0.2, 0) is 32.3 Å². The summed E-state index contributed by atoms with van der Waals surface area (Å²) in [6.45, 7) is 2.09. The van der Waals surface area contributed by atoms with Crippen molar-refractivity contribution in [3.63, 3.8) is 0 Å². The zero-order valence-corrected chi connectivity index (χ0v) is 24.0. The number of likely N-dealkylation sites (N-methyl/N-ethyl adjacent to an activating group) is 1. The number of aryl methyl sites for hydroxylation is 1. The van der Waals surface area contributed by atoms with E-state index in [2.05, 4.69) is 5.32 Å². The normalized spacial score (nSPS) is 12.5. The van der Waals surface area contributed by atoms with Crippen molar-refractivity contribution in [3.8, 4) is 0 Å². The van der Waals surface area contributed by atoms with Gasteiger partial charge in [0.2, 0.25) is 11.8 Å². The van der Waals surface area contributed by atoms with Gasteiger partial charge >= 0.3 is 6.18 Å². The van der Waals surface area contributed by atoms with E-state index in [0.29, 0.717) is 21.0 Å². The Bertz CT molecular complexity index is 1500. The molecule has 0 heterocycles. The fourth-order valence-corrected chi connectivity index (χ4v) is 5.68. The Hall–Kier alpha value is -3.28. The predicted octanol–water partition coefficient (Wildman–Crippen LogP) is 5.68. The van der Waals surface area contributed by atoms with Crippen LogP contribution in [0.1, 0.15) is 23.6 Å². The highest BCUT2D eigenvalue weighted by Gasteiger charge is 2.37. The third-order valence-electron chi connectivity index (χ3n) is 6.14. The van der Waals surface area contributed by atoms with Gasteiger partial charge in [0.05, 0.1) is 21.2 Å². The molecule has 0 saturated heterocycles. The summed E-state index contributed by atoms with van der Waals surface area (Å²) in [7, 11) is -3.19. The molecule has 3 aromatic carbocycles. The molecule has 0 aliphatic carbocycles. The maximum absolute atomic E-state index is 13.8. The Balaban J connectivity index is 2.14. The fourth-order valence-electron chi connectivity index (χ4n) is 3.85. The minimum atomic E-state index is -4.89. The van der Waals surface area contributed by atoms with Crippen molar-refractivity contribution in [2.24, 2.45) is 0 Å². The minimum absolute atomic E-state index is 0.167. The number of anilines is 1. The minimum Gasteiger partial charge on any atom is -0.357 e. The third-order valence-corrected chi connectivity index (χ3v) is 8.63. The number of rotatable bonds is 9. The van der Waals surface area contributed by atoms with Crippen molar-refractivity contribution in [3.05, 3.63) is 93.5 Å². The summed E-state index contributed by atoms with van der Waals surface area (Å²) in [5.41, 5.74) is -0.476. The summed E-state index contributed by atoms with van der Waals surface area (Å²) < 4.78 is 69.1. The summed E-state index contributed by atoms with van der Waals surface area (Å²) in [5.74, 6) is -1.39. The highest BCUT2D eigenvalue weighted by atomic mass is 35.5. The molecule has 0 aromatic heterocycles. The van der Waals surface area contributed by atoms with E-state index in [4.69, 9.17) is 23.2 Å². The molecule has 0 radical (unpaired) electrons. The Kier molecular flexibility index (Phi) is 9.76. The fraction of sp³-hybridized carbons (Fsp3) is 0.259. The first-order chi connectivity index (χ1) is 18.7. The molecule has 1 N–H and O–H groups in total. The highest BCUT2D eigenvalue weighted by molar-refractivity contribution is 7.92. The number of amides is 2. The van der Waals surface area contributed by atoms with Crippen molar-refractivity contribution < 1.29 is 31.2 Å². The summed E-state index contributed by atoms with van der Waals surface area (Å²) in [6, 6.07) is 13.7. The van der Waals surface area contributed by atoms with Crippen molar-refractivity contribution in [2.45, 2.75) is 37.5 Å². The average Bonchev–Trinajstić information content (AvgIpc) is 2.90. The Morgan fingerprint density at radius 2 is 1.60 bits per heavy atom. The molecule has 40 heavy (non-hydrogen) atoms. The Morgan fingerprint density at radius 3 is 2.17 bits per heavy atom. The molecule has 0 aliphatic heterocycles. The lowest BCUT2D eigenvalue weighted by molar-refractivity contribution is -0.139. The predicted molar refractivity (Wildman–Crippen MR) is 148 cm³/mol. The molecular weight excluding hydrogens is 590 g/mol. The van der Waals surface area contributed by atoms with E-state index in [1.54, 1.807) is 31.2 Å². The topological polar surface area (TPSA) is 86.8 Å². The number of sulfonamides is 1. The van der Waals surface area contributed by atoms with Gasteiger partial charge in [-0.1, -0.05) is 59.1 Å². The van der Waals surface area contributed by atoms with Gasteiger partial charge in [-0.15, -0.1) is 0 Å². The largest absolute Gasteiger partial charge is 0.417 e. The molecule has 7 nitrogen and oxygen atoms in total. The number of benzene rings is 3. The number of hydrogen-bond acceptors (Lipinski definition) is 4. The second-order valence-corrected chi connectivity index (χ2v) is 11.6. The summed E-state index contributed by atoms with van der Waals surface area (Å²) in [5, 5.41) is 2.11. The molecule has 1 unspecified atom stereocenters. The number of carbonyl (C=O) groups is 2. The van der Waals surface area contributed by atoms with Gasteiger partial charge in [-0.2, -0.15) is 13.2 Å². The lowest BCUT2D eigenvalue weighted by atomic mass is 10.1. The average molecular weight is 616 g/mol. The molecular formula is C27H26Cl2F3N3O4S. The van der Waals surface area contributed by atoms with Crippen molar-refractivity contribution in [1.29, 1.82) is 0 Å². The van der Waals surface area contributed by atoms with E-state index in [0.717, 1.165) is 22.6 Å². The molecule has 1 atom stereocenters. The highest BCUT2D eigenvalue weighted by Crippen LogP contribution is 2.38. The van der Waals surface area contributed by atoms with Crippen molar-refractivity contribution in [2.75, 3.05) is 17.9 Å². The zero-order valence-electron chi connectivity index (χ0n) is 21.7. The van der Waals surface area contributed by atoms with Crippen molar-refractivity contribution >= 4 is 50.7 Å². The molecule has 0 aliphatic rings. The van der Waals surface area contributed by atoms with Gasteiger partial charge in [-0.05, 0) is 55.8 Å². The van der Waals surface area contributed by atoms with Crippen LogP contribution in [0.4, 0.5) is 18.9 Å². The lowest BCUT2D eigenvalue weighted by Crippen LogP contribution is -2.50. The van der Waals surface area contributed by atoms with Crippen LogP contribution in [0.5, 0.6) is 0 Å². The molecule has 0 saturated carbocycles. The molecule has 214 valence electrons. The molecule has 0 bridgehead atoms. The molecule has 0 fully saturated rings. The molecule has 13 heteroatoms. The monoisotopic (exact) mass is 615 g/mol. The van der Waals surface area contributed by atoms with Gasteiger partial charge in [0.25, 0.3) is 10.0 Å². The van der Waals surface area contributed by atoms with E-state index in [1.165, 1.54) is 38.2 Å². The van der Waals surface area contributed by atoms with Crippen LogP contribution in [-0.4, -0.2) is 44.8 Å². The summed E-state index contributed by atoms with van der Waals surface area (Å²) >= 11 is 12.0.